The van der Waals surface area contributed by atoms with E-state index in [4.69, 9.17) is 5.73 Å². The Bertz CT molecular complexity index is 577. The molecule has 0 aliphatic carbocycles. The summed E-state index contributed by atoms with van der Waals surface area (Å²) in [6.07, 6.45) is 1.73. The van der Waals surface area contributed by atoms with Crippen LogP contribution >= 0.6 is 0 Å². The summed E-state index contributed by atoms with van der Waals surface area (Å²) in [6, 6.07) is 5.94. The zero-order valence-corrected chi connectivity index (χ0v) is 10.6. The zero-order chi connectivity index (χ0) is 13.8. The van der Waals surface area contributed by atoms with Gasteiger partial charge in [0.05, 0.1) is 0 Å². The summed E-state index contributed by atoms with van der Waals surface area (Å²) >= 11 is 0. The quantitative estimate of drug-likeness (QED) is 0.860. The number of halogens is 1. The molecular weight excluding hydrogens is 247 g/mol. The first-order chi connectivity index (χ1) is 9.11. The van der Waals surface area contributed by atoms with E-state index in [-0.39, 0.29) is 11.7 Å². The van der Waals surface area contributed by atoms with E-state index in [9.17, 15) is 9.18 Å². The molecule has 0 saturated carbocycles. The smallest absolute Gasteiger partial charge is 0.272 e. The van der Waals surface area contributed by atoms with Crippen molar-refractivity contribution >= 4 is 5.91 Å². The topological polar surface area (TPSA) is 72.9 Å². The number of rotatable bonds is 4. The molecule has 100 valence electrons. The molecule has 3 N–H and O–H groups in total. The molecule has 2 rings (SSSR count). The summed E-state index contributed by atoms with van der Waals surface area (Å²) in [5, 5.41) is 6.80. The molecule has 1 heterocycles. The van der Waals surface area contributed by atoms with Crippen molar-refractivity contribution < 1.29 is 9.18 Å². The van der Waals surface area contributed by atoms with Crippen molar-refractivity contribution in [3.05, 3.63) is 42.0 Å². The minimum absolute atomic E-state index is 0.287. The standard InChI is InChI=1S/C13H15FN4O/c1-18-8-11(9-2-4-10(14)5-3-9)12(17-18)13(19)16-7-6-15/h2-5,8H,6-7,15H2,1H3,(H,16,19). The van der Waals surface area contributed by atoms with Crippen molar-refractivity contribution in [1.29, 1.82) is 0 Å². The Labute approximate surface area is 110 Å². The van der Waals surface area contributed by atoms with Crippen LogP contribution in [-0.4, -0.2) is 28.8 Å². The predicted molar refractivity (Wildman–Crippen MR) is 70.0 cm³/mol. The van der Waals surface area contributed by atoms with E-state index in [2.05, 4.69) is 10.4 Å². The maximum Gasteiger partial charge on any atom is 0.272 e. The zero-order valence-electron chi connectivity index (χ0n) is 10.6. The molecule has 0 spiro atoms. The van der Waals surface area contributed by atoms with Crippen molar-refractivity contribution in [1.82, 2.24) is 15.1 Å². The minimum atomic E-state index is -0.318. The summed E-state index contributed by atoms with van der Waals surface area (Å²) in [4.78, 5) is 12.0. The first kappa shape index (κ1) is 13.2. The molecule has 1 aromatic carbocycles. The van der Waals surface area contributed by atoms with Gasteiger partial charge in [-0.25, -0.2) is 4.39 Å². The molecule has 1 aromatic heterocycles. The van der Waals surface area contributed by atoms with Crippen LogP contribution in [-0.2, 0) is 7.05 Å². The van der Waals surface area contributed by atoms with Crippen molar-refractivity contribution in [3.8, 4) is 11.1 Å². The molecule has 1 amide bonds. The number of carbonyl (C=O) groups is 1. The van der Waals surface area contributed by atoms with Gasteiger partial charge in [0.25, 0.3) is 5.91 Å². The van der Waals surface area contributed by atoms with Gasteiger partial charge >= 0.3 is 0 Å². The number of hydrogen-bond acceptors (Lipinski definition) is 3. The van der Waals surface area contributed by atoms with E-state index in [0.29, 0.717) is 24.3 Å². The van der Waals surface area contributed by atoms with Gasteiger partial charge in [0.15, 0.2) is 5.69 Å². The Morgan fingerprint density at radius 1 is 1.42 bits per heavy atom. The first-order valence-electron chi connectivity index (χ1n) is 5.89. The fraction of sp³-hybridized carbons (Fsp3) is 0.231. The van der Waals surface area contributed by atoms with Gasteiger partial charge in [-0.3, -0.25) is 9.48 Å². The highest BCUT2D eigenvalue weighted by Crippen LogP contribution is 2.22. The van der Waals surface area contributed by atoms with Crippen molar-refractivity contribution in [2.45, 2.75) is 0 Å². The third kappa shape index (κ3) is 2.97. The number of amides is 1. The van der Waals surface area contributed by atoms with Gasteiger partial charge in [-0.2, -0.15) is 5.10 Å². The molecule has 0 atom stereocenters. The number of hydrogen-bond donors (Lipinski definition) is 2. The summed E-state index contributed by atoms with van der Waals surface area (Å²) in [5.41, 5.74) is 7.06. The second-order valence-corrected chi connectivity index (χ2v) is 4.12. The fourth-order valence-electron chi connectivity index (χ4n) is 1.77. The van der Waals surface area contributed by atoms with Gasteiger partial charge in [-0.05, 0) is 17.7 Å². The van der Waals surface area contributed by atoms with E-state index in [1.54, 1.807) is 30.1 Å². The molecule has 6 heteroatoms. The Morgan fingerprint density at radius 3 is 2.74 bits per heavy atom. The number of carbonyl (C=O) groups excluding carboxylic acids is 1. The summed E-state index contributed by atoms with van der Waals surface area (Å²) in [5.74, 6) is -0.604. The lowest BCUT2D eigenvalue weighted by molar-refractivity contribution is 0.0949. The summed E-state index contributed by atoms with van der Waals surface area (Å²) < 4.78 is 14.5. The highest BCUT2D eigenvalue weighted by Gasteiger charge is 2.16. The predicted octanol–water partition coefficient (Wildman–Crippen LogP) is 0.915. The third-order valence-electron chi connectivity index (χ3n) is 2.63. The molecule has 19 heavy (non-hydrogen) atoms. The van der Waals surface area contributed by atoms with Crippen LogP contribution in [0.5, 0.6) is 0 Å². The van der Waals surface area contributed by atoms with Crippen molar-refractivity contribution in [3.63, 3.8) is 0 Å². The van der Waals surface area contributed by atoms with Crippen molar-refractivity contribution in [2.75, 3.05) is 13.1 Å². The first-order valence-corrected chi connectivity index (χ1v) is 5.89. The molecule has 0 fully saturated rings. The maximum absolute atomic E-state index is 12.9. The number of aryl methyl sites for hydroxylation is 1. The molecule has 0 aliphatic heterocycles. The van der Waals surface area contributed by atoms with Crippen LogP contribution in [0, 0.1) is 5.82 Å². The maximum atomic E-state index is 12.9. The Hall–Kier alpha value is -2.21. The van der Waals surface area contributed by atoms with E-state index in [0.717, 1.165) is 5.56 Å². The largest absolute Gasteiger partial charge is 0.349 e. The average molecular weight is 262 g/mol. The number of benzene rings is 1. The second-order valence-electron chi connectivity index (χ2n) is 4.12. The molecule has 5 nitrogen and oxygen atoms in total. The van der Waals surface area contributed by atoms with E-state index >= 15 is 0 Å². The average Bonchev–Trinajstić information content (AvgIpc) is 2.79. The van der Waals surface area contributed by atoms with Crippen LogP contribution in [0.3, 0.4) is 0 Å². The van der Waals surface area contributed by atoms with Crippen LogP contribution in [0.1, 0.15) is 10.5 Å². The molecule has 0 bridgehead atoms. The lowest BCUT2D eigenvalue weighted by Crippen LogP contribution is -2.29. The number of nitrogens with one attached hydrogen (secondary N) is 1. The molecule has 0 radical (unpaired) electrons. The Morgan fingerprint density at radius 2 is 2.11 bits per heavy atom. The molecule has 0 aliphatic rings. The highest BCUT2D eigenvalue weighted by atomic mass is 19.1. The highest BCUT2D eigenvalue weighted by molar-refractivity contribution is 5.98. The van der Waals surface area contributed by atoms with Gasteiger partial charge in [0, 0.05) is 31.9 Å². The van der Waals surface area contributed by atoms with Crippen LogP contribution in [0.4, 0.5) is 4.39 Å². The molecule has 0 saturated heterocycles. The third-order valence-corrected chi connectivity index (χ3v) is 2.63. The van der Waals surface area contributed by atoms with Crippen molar-refractivity contribution in [2.24, 2.45) is 12.8 Å². The molecular formula is C13H15FN4O. The second kappa shape index (κ2) is 5.62. The Kier molecular flexibility index (Phi) is 3.91. The van der Waals surface area contributed by atoms with Gasteiger partial charge < -0.3 is 11.1 Å². The van der Waals surface area contributed by atoms with Gasteiger partial charge in [0.1, 0.15) is 5.82 Å². The van der Waals surface area contributed by atoms with E-state index in [1.807, 2.05) is 0 Å². The number of nitrogens with zero attached hydrogens (tertiary/aromatic N) is 2. The van der Waals surface area contributed by atoms with Crippen LogP contribution in [0.2, 0.25) is 0 Å². The van der Waals surface area contributed by atoms with E-state index in [1.165, 1.54) is 12.1 Å². The van der Waals surface area contributed by atoms with Crippen LogP contribution in [0.15, 0.2) is 30.5 Å². The minimum Gasteiger partial charge on any atom is -0.349 e. The monoisotopic (exact) mass is 262 g/mol. The SMILES string of the molecule is Cn1cc(-c2ccc(F)cc2)c(C(=O)NCCN)n1. The van der Waals surface area contributed by atoms with Gasteiger partial charge in [0.2, 0.25) is 0 Å². The fourth-order valence-corrected chi connectivity index (χ4v) is 1.77. The lowest BCUT2D eigenvalue weighted by atomic mass is 10.1. The molecule has 0 unspecified atom stereocenters. The normalized spacial score (nSPS) is 10.5. The molecule has 2 aromatic rings. The number of aromatic nitrogens is 2. The van der Waals surface area contributed by atoms with Gasteiger partial charge in [-0.1, -0.05) is 12.1 Å². The summed E-state index contributed by atoms with van der Waals surface area (Å²) in [6.45, 7) is 0.753. The lowest BCUT2D eigenvalue weighted by Gasteiger charge is -2.03. The van der Waals surface area contributed by atoms with Crippen LogP contribution < -0.4 is 11.1 Å². The number of nitrogens with two attached hydrogens (primary N) is 1. The Balaban J connectivity index is 2.35. The van der Waals surface area contributed by atoms with E-state index < -0.39 is 0 Å². The van der Waals surface area contributed by atoms with Gasteiger partial charge in [-0.15, -0.1) is 0 Å². The summed E-state index contributed by atoms with van der Waals surface area (Å²) in [7, 11) is 1.73. The van der Waals surface area contributed by atoms with Crippen LogP contribution in [0.25, 0.3) is 11.1 Å².